The molecule has 1 aromatic carbocycles. The lowest BCUT2D eigenvalue weighted by Gasteiger charge is -2.19. The summed E-state index contributed by atoms with van der Waals surface area (Å²) in [5.74, 6) is -0.691. The highest BCUT2D eigenvalue weighted by molar-refractivity contribution is 5.96. The zero-order valence-electron chi connectivity index (χ0n) is 12.1. The van der Waals surface area contributed by atoms with E-state index in [1.54, 1.807) is 17.0 Å². The van der Waals surface area contributed by atoms with Gasteiger partial charge in [0.25, 0.3) is 0 Å². The summed E-state index contributed by atoms with van der Waals surface area (Å²) >= 11 is 0. The van der Waals surface area contributed by atoms with Crippen LogP contribution in [0.25, 0.3) is 0 Å². The number of rotatable bonds is 4. The van der Waals surface area contributed by atoms with Crippen molar-refractivity contribution in [2.24, 2.45) is 0 Å². The van der Waals surface area contributed by atoms with Gasteiger partial charge in [-0.15, -0.1) is 0 Å². The first-order valence-corrected chi connectivity index (χ1v) is 7.44. The van der Waals surface area contributed by atoms with E-state index in [9.17, 15) is 14.0 Å². The summed E-state index contributed by atoms with van der Waals surface area (Å²) < 4.78 is 12.8. The Morgan fingerprint density at radius 3 is 2.29 bits per heavy atom. The maximum absolute atomic E-state index is 12.8. The molecule has 1 saturated heterocycles. The van der Waals surface area contributed by atoms with E-state index in [0.29, 0.717) is 6.54 Å². The first-order valence-electron chi connectivity index (χ1n) is 7.44. The zero-order chi connectivity index (χ0) is 15.1. The van der Waals surface area contributed by atoms with Gasteiger partial charge in [-0.05, 0) is 30.5 Å². The number of likely N-dealkylation sites (tertiary alicyclic amines) is 1. The molecule has 0 spiro atoms. The molecule has 0 bridgehead atoms. The molecular formula is C16H21FN2O2. The Bertz CT molecular complexity index is 480. The van der Waals surface area contributed by atoms with E-state index in [0.717, 1.165) is 44.3 Å². The minimum atomic E-state index is -0.304. The molecule has 0 unspecified atom stereocenters. The third-order valence-corrected chi connectivity index (χ3v) is 3.67. The molecule has 0 aliphatic carbocycles. The monoisotopic (exact) mass is 292 g/mol. The Balaban J connectivity index is 1.75. The molecule has 0 aromatic heterocycles. The normalized spacial score (nSPS) is 15.4. The van der Waals surface area contributed by atoms with E-state index in [-0.39, 0.29) is 24.1 Å². The third-order valence-electron chi connectivity index (χ3n) is 3.67. The molecule has 0 radical (unpaired) electrons. The molecule has 2 rings (SSSR count). The number of nitrogens with one attached hydrogen (secondary N) is 1. The molecule has 0 atom stereocenters. The average molecular weight is 292 g/mol. The van der Waals surface area contributed by atoms with Crippen molar-refractivity contribution in [3.63, 3.8) is 0 Å². The SMILES string of the molecule is O=C(CC(=O)N1CCCCCC1)NCc1ccc(F)cc1. The predicted octanol–water partition coefficient (Wildman–Crippen LogP) is 2.23. The predicted molar refractivity (Wildman–Crippen MR) is 77.9 cm³/mol. The Kier molecular flexibility index (Phi) is 5.72. The van der Waals surface area contributed by atoms with Gasteiger partial charge in [0, 0.05) is 19.6 Å². The van der Waals surface area contributed by atoms with Crippen molar-refractivity contribution in [1.82, 2.24) is 10.2 Å². The second-order valence-electron chi connectivity index (χ2n) is 5.37. The lowest BCUT2D eigenvalue weighted by atomic mass is 10.2. The first kappa shape index (κ1) is 15.5. The van der Waals surface area contributed by atoms with Crippen LogP contribution in [0.15, 0.2) is 24.3 Å². The maximum Gasteiger partial charge on any atom is 0.232 e. The van der Waals surface area contributed by atoms with Gasteiger partial charge in [0.05, 0.1) is 0 Å². The molecule has 0 saturated carbocycles. The first-order chi connectivity index (χ1) is 10.1. The fourth-order valence-electron chi connectivity index (χ4n) is 2.43. The smallest absolute Gasteiger partial charge is 0.232 e. The van der Waals surface area contributed by atoms with Crippen LogP contribution < -0.4 is 5.32 Å². The molecule has 1 fully saturated rings. The Morgan fingerprint density at radius 1 is 1.05 bits per heavy atom. The minimum absolute atomic E-state index is 0.103. The fourth-order valence-corrected chi connectivity index (χ4v) is 2.43. The lowest BCUT2D eigenvalue weighted by molar-refractivity contribution is -0.136. The van der Waals surface area contributed by atoms with E-state index < -0.39 is 0 Å². The number of hydrogen-bond donors (Lipinski definition) is 1. The fraction of sp³-hybridized carbons (Fsp3) is 0.500. The van der Waals surface area contributed by atoms with Gasteiger partial charge < -0.3 is 10.2 Å². The standard InChI is InChI=1S/C16H21FN2O2/c17-14-7-5-13(6-8-14)12-18-15(20)11-16(21)19-9-3-1-2-4-10-19/h5-8H,1-4,9-12H2,(H,18,20). The number of carbonyl (C=O) groups excluding carboxylic acids is 2. The van der Waals surface area contributed by atoms with Gasteiger partial charge in [0.2, 0.25) is 11.8 Å². The van der Waals surface area contributed by atoms with Crippen LogP contribution in [0.1, 0.15) is 37.7 Å². The van der Waals surface area contributed by atoms with Crippen LogP contribution in [0.3, 0.4) is 0 Å². The highest BCUT2D eigenvalue weighted by Crippen LogP contribution is 2.10. The van der Waals surface area contributed by atoms with Crippen molar-refractivity contribution < 1.29 is 14.0 Å². The lowest BCUT2D eigenvalue weighted by Crippen LogP contribution is -2.36. The van der Waals surface area contributed by atoms with Gasteiger partial charge in [-0.25, -0.2) is 4.39 Å². The molecule has 2 amide bonds. The summed E-state index contributed by atoms with van der Waals surface area (Å²) in [6, 6.07) is 5.94. The number of nitrogens with zero attached hydrogens (tertiary/aromatic N) is 1. The maximum atomic E-state index is 12.8. The average Bonchev–Trinajstić information content (AvgIpc) is 2.76. The van der Waals surface area contributed by atoms with Crippen molar-refractivity contribution in [2.45, 2.75) is 38.6 Å². The molecule has 114 valence electrons. The highest BCUT2D eigenvalue weighted by atomic mass is 19.1. The minimum Gasteiger partial charge on any atom is -0.352 e. The van der Waals surface area contributed by atoms with Crippen LogP contribution in [0.2, 0.25) is 0 Å². The number of carbonyl (C=O) groups is 2. The van der Waals surface area contributed by atoms with E-state index >= 15 is 0 Å². The van der Waals surface area contributed by atoms with Crippen LogP contribution in [0, 0.1) is 5.82 Å². The van der Waals surface area contributed by atoms with Crippen molar-refractivity contribution in [1.29, 1.82) is 0 Å². The molecular weight excluding hydrogens is 271 g/mol. The van der Waals surface area contributed by atoms with Crippen LogP contribution in [0.4, 0.5) is 4.39 Å². The topological polar surface area (TPSA) is 49.4 Å². The molecule has 1 N–H and O–H groups in total. The number of hydrogen-bond acceptors (Lipinski definition) is 2. The summed E-state index contributed by atoms with van der Waals surface area (Å²) in [7, 11) is 0. The van der Waals surface area contributed by atoms with Gasteiger partial charge in [-0.3, -0.25) is 9.59 Å². The Morgan fingerprint density at radius 2 is 1.67 bits per heavy atom. The molecule has 1 heterocycles. The van der Waals surface area contributed by atoms with Crippen LogP contribution >= 0.6 is 0 Å². The molecule has 5 heteroatoms. The Labute approximate surface area is 124 Å². The van der Waals surface area contributed by atoms with E-state index in [1.807, 2.05) is 0 Å². The Hall–Kier alpha value is -1.91. The molecule has 4 nitrogen and oxygen atoms in total. The van der Waals surface area contributed by atoms with E-state index in [1.165, 1.54) is 12.1 Å². The summed E-state index contributed by atoms with van der Waals surface area (Å²) in [6.07, 6.45) is 4.23. The summed E-state index contributed by atoms with van der Waals surface area (Å²) in [5, 5.41) is 2.70. The zero-order valence-corrected chi connectivity index (χ0v) is 12.1. The molecule has 1 aliphatic heterocycles. The van der Waals surface area contributed by atoms with Gasteiger partial charge in [-0.1, -0.05) is 25.0 Å². The summed E-state index contributed by atoms with van der Waals surface area (Å²) in [6.45, 7) is 1.82. The summed E-state index contributed by atoms with van der Waals surface area (Å²) in [5.41, 5.74) is 0.812. The van der Waals surface area contributed by atoms with Crippen molar-refractivity contribution in [3.8, 4) is 0 Å². The van der Waals surface area contributed by atoms with Gasteiger partial charge in [0.15, 0.2) is 0 Å². The molecule has 1 aliphatic rings. The van der Waals surface area contributed by atoms with Crippen LogP contribution in [-0.2, 0) is 16.1 Å². The second-order valence-corrected chi connectivity index (χ2v) is 5.37. The van der Waals surface area contributed by atoms with Crippen LogP contribution in [0.5, 0.6) is 0 Å². The van der Waals surface area contributed by atoms with Crippen molar-refractivity contribution in [2.75, 3.05) is 13.1 Å². The van der Waals surface area contributed by atoms with Crippen molar-refractivity contribution in [3.05, 3.63) is 35.6 Å². The number of halogens is 1. The number of benzene rings is 1. The quantitative estimate of drug-likeness (QED) is 0.865. The van der Waals surface area contributed by atoms with Gasteiger partial charge in [-0.2, -0.15) is 0 Å². The van der Waals surface area contributed by atoms with Crippen LogP contribution in [-0.4, -0.2) is 29.8 Å². The van der Waals surface area contributed by atoms with Gasteiger partial charge >= 0.3 is 0 Å². The van der Waals surface area contributed by atoms with E-state index in [2.05, 4.69) is 5.32 Å². The molecule has 21 heavy (non-hydrogen) atoms. The second kappa shape index (κ2) is 7.76. The van der Waals surface area contributed by atoms with Crippen molar-refractivity contribution >= 4 is 11.8 Å². The molecule has 1 aromatic rings. The highest BCUT2D eigenvalue weighted by Gasteiger charge is 2.18. The van der Waals surface area contributed by atoms with E-state index in [4.69, 9.17) is 0 Å². The summed E-state index contributed by atoms with van der Waals surface area (Å²) in [4.78, 5) is 25.6. The third kappa shape index (κ3) is 5.17. The largest absolute Gasteiger partial charge is 0.352 e. The van der Waals surface area contributed by atoms with Gasteiger partial charge in [0.1, 0.15) is 12.2 Å². The number of amides is 2.